The Balaban J connectivity index is 1.62. The van der Waals surface area contributed by atoms with Crippen molar-refractivity contribution >= 4 is 21.8 Å². The molecule has 5 rings (SSSR count). The summed E-state index contributed by atoms with van der Waals surface area (Å²) < 4.78 is 31.9. The van der Waals surface area contributed by atoms with Gasteiger partial charge < -0.3 is 15.2 Å². The van der Waals surface area contributed by atoms with E-state index < -0.39 is 21.7 Å². The number of aromatic nitrogens is 1. The Kier molecular flexibility index (Phi) is 5.44. The number of ether oxygens (including phenoxy) is 1. The van der Waals surface area contributed by atoms with Crippen LogP contribution in [0.4, 0.5) is 10.5 Å². The van der Waals surface area contributed by atoms with Crippen LogP contribution in [-0.4, -0.2) is 44.0 Å². The van der Waals surface area contributed by atoms with Gasteiger partial charge in [-0.25, -0.2) is 18.2 Å². The van der Waals surface area contributed by atoms with Crippen LogP contribution in [-0.2, 0) is 15.6 Å². The van der Waals surface area contributed by atoms with Crippen LogP contribution in [0.1, 0.15) is 24.8 Å². The normalized spacial score (nSPS) is 16.7. The van der Waals surface area contributed by atoms with Crippen molar-refractivity contribution in [2.75, 3.05) is 23.7 Å². The Labute approximate surface area is 198 Å². The second-order valence-electron chi connectivity index (χ2n) is 8.70. The molecular weight excluding hydrogens is 454 g/mol. The lowest BCUT2D eigenvalue weighted by Crippen LogP contribution is -2.50. The maximum atomic E-state index is 12.4. The molecule has 2 aliphatic rings. The van der Waals surface area contributed by atoms with Gasteiger partial charge in [-0.05, 0) is 36.5 Å². The molecule has 2 heterocycles. The second-order valence-corrected chi connectivity index (χ2v) is 10.6. The number of carbonyl (C=O) groups is 1. The highest BCUT2D eigenvalue weighted by Gasteiger charge is 2.40. The molecule has 1 saturated carbocycles. The number of fused-ring (bicyclic) bond motifs is 1. The van der Waals surface area contributed by atoms with Gasteiger partial charge in [-0.1, -0.05) is 54.6 Å². The first-order chi connectivity index (χ1) is 16.3. The highest BCUT2D eigenvalue weighted by Crippen LogP contribution is 2.43. The first kappa shape index (κ1) is 22.2. The number of hydrogen-bond donors (Lipinski definition) is 2. The lowest BCUT2D eigenvalue weighted by atomic mass is 9.71. The third-order valence-electron chi connectivity index (χ3n) is 6.52. The molecule has 0 unspecified atom stereocenters. The predicted molar refractivity (Wildman–Crippen MR) is 129 cm³/mol. The Morgan fingerprint density at radius 2 is 1.79 bits per heavy atom. The van der Waals surface area contributed by atoms with Gasteiger partial charge in [-0.3, -0.25) is 4.31 Å². The number of nitrogens with one attached hydrogen (secondary N) is 1. The van der Waals surface area contributed by atoms with E-state index in [4.69, 9.17) is 9.72 Å². The molecule has 8 nitrogen and oxygen atoms in total. The van der Waals surface area contributed by atoms with Gasteiger partial charge in [0.15, 0.2) is 0 Å². The number of hydrogen-bond acceptors (Lipinski definition) is 5. The first-order valence-electron chi connectivity index (χ1n) is 11.1. The topological polar surface area (TPSA) is 109 Å². The molecule has 1 aromatic heterocycles. The monoisotopic (exact) mass is 479 g/mol. The van der Waals surface area contributed by atoms with E-state index in [-0.39, 0.29) is 19.0 Å². The van der Waals surface area contributed by atoms with Crippen LogP contribution >= 0.6 is 0 Å². The summed E-state index contributed by atoms with van der Waals surface area (Å²) in [5.41, 5.74) is 3.98. The third-order valence-corrected chi connectivity index (χ3v) is 7.70. The minimum absolute atomic E-state index is 0.222. The lowest BCUT2D eigenvalue weighted by molar-refractivity contribution is 0.144. The van der Waals surface area contributed by atoms with Gasteiger partial charge >= 0.3 is 6.09 Å². The molecule has 1 amide bonds. The van der Waals surface area contributed by atoms with Crippen LogP contribution < -0.4 is 14.4 Å². The van der Waals surface area contributed by atoms with E-state index in [9.17, 15) is 18.3 Å². The van der Waals surface area contributed by atoms with Crippen molar-refractivity contribution in [2.45, 2.75) is 24.8 Å². The number of benzene rings is 2. The summed E-state index contributed by atoms with van der Waals surface area (Å²) >= 11 is 0. The quantitative estimate of drug-likeness (QED) is 0.567. The Bertz CT molecular complexity index is 1340. The van der Waals surface area contributed by atoms with Crippen LogP contribution in [0.15, 0.2) is 60.7 Å². The molecular formula is C25H25N3O5S. The Morgan fingerprint density at radius 1 is 1.09 bits per heavy atom. The number of amides is 1. The van der Waals surface area contributed by atoms with Gasteiger partial charge in [0.2, 0.25) is 15.9 Å². The van der Waals surface area contributed by atoms with Crippen LogP contribution in [0.5, 0.6) is 5.88 Å². The fourth-order valence-electron chi connectivity index (χ4n) is 4.69. The maximum Gasteiger partial charge on any atom is 0.405 e. The Morgan fingerprint density at radius 3 is 2.38 bits per heavy atom. The molecule has 2 N–H and O–H groups in total. The van der Waals surface area contributed by atoms with Crippen molar-refractivity contribution in [2.24, 2.45) is 0 Å². The average Bonchev–Trinajstić information content (AvgIpc) is 2.80. The van der Waals surface area contributed by atoms with Crippen molar-refractivity contribution < 1.29 is 23.1 Å². The van der Waals surface area contributed by atoms with Crippen molar-refractivity contribution in [3.05, 3.63) is 66.2 Å². The highest BCUT2D eigenvalue weighted by atomic mass is 32.2. The lowest BCUT2D eigenvalue weighted by Gasteiger charge is -2.42. The van der Waals surface area contributed by atoms with Gasteiger partial charge in [0, 0.05) is 11.1 Å². The molecule has 0 radical (unpaired) electrons. The van der Waals surface area contributed by atoms with Crippen LogP contribution in [0, 0.1) is 0 Å². The van der Waals surface area contributed by atoms with E-state index in [0.717, 1.165) is 41.5 Å². The molecule has 1 aliphatic heterocycles. The molecule has 3 aromatic rings. The molecule has 0 bridgehead atoms. The number of pyridine rings is 1. The third kappa shape index (κ3) is 3.96. The van der Waals surface area contributed by atoms with Crippen molar-refractivity contribution in [1.29, 1.82) is 0 Å². The average molecular weight is 480 g/mol. The highest BCUT2D eigenvalue weighted by molar-refractivity contribution is 7.92. The fraction of sp³-hybridized carbons (Fsp3) is 0.280. The summed E-state index contributed by atoms with van der Waals surface area (Å²) in [6, 6.07) is 19.2. The van der Waals surface area contributed by atoms with Crippen LogP contribution in [0.3, 0.4) is 0 Å². The summed E-state index contributed by atoms with van der Waals surface area (Å²) in [5, 5.41) is 12.0. The SMILES string of the molecule is CS(=O)(=O)N1CCOc2nc(-c3ccc(C4(NC(=O)O)CCC4)cc3)c(-c3ccccc3)cc21. The van der Waals surface area contributed by atoms with Gasteiger partial charge in [-0.15, -0.1) is 0 Å². The zero-order valence-electron chi connectivity index (χ0n) is 18.7. The van der Waals surface area contributed by atoms with E-state index >= 15 is 0 Å². The van der Waals surface area contributed by atoms with Crippen LogP contribution in [0.2, 0.25) is 0 Å². The molecule has 176 valence electrons. The number of carboxylic acid groups (broad SMARTS) is 1. The second kappa shape index (κ2) is 8.32. The molecule has 0 saturated heterocycles. The van der Waals surface area contributed by atoms with E-state index in [1.807, 2.05) is 60.7 Å². The first-order valence-corrected chi connectivity index (χ1v) is 12.9. The molecule has 2 aromatic carbocycles. The van der Waals surface area contributed by atoms with Gasteiger partial charge in [0.25, 0.3) is 0 Å². The predicted octanol–water partition coefficient (Wildman–Crippen LogP) is 4.22. The van der Waals surface area contributed by atoms with E-state index in [0.29, 0.717) is 11.4 Å². The molecule has 0 spiro atoms. The summed E-state index contributed by atoms with van der Waals surface area (Å²) in [4.78, 5) is 16.1. The summed E-state index contributed by atoms with van der Waals surface area (Å²) in [7, 11) is -3.49. The van der Waals surface area contributed by atoms with Crippen LogP contribution in [0.25, 0.3) is 22.4 Å². The van der Waals surface area contributed by atoms with Crippen molar-refractivity contribution in [3.63, 3.8) is 0 Å². The summed E-state index contributed by atoms with van der Waals surface area (Å²) in [6.07, 6.45) is 2.65. The standard InChI is InChI=1S/C25H25N3O5S/c1-34(31,32)28-14-15-33-23-21(28)16-20(17-6-3-2-4-7-17)22(26-23)18-8-10-19(11-9-18)25(12-5-13-25)27-24(29)30/h2-4,6-11,16,27H,5,12-15H2,1H3,(H,29,30). The summed E-state index contributed by atoms with van der Waals surface area (Å²) in [6.45, 7) is 0.452. The molecule has 9 heteroatoms. The fourth-order valence-corrected chi connectivity index (χ4v) is 5.58. The van der Waals surface area contributed by atoms with Gasteiger partial charge in [0.1, 0.15) is 12.3 Å². The maximum absolute atomic E-state index is 12.4. The minimum atomic E-state index is -3.49. The van der Waals surface area contributed by atoms with E-state index in [1.54, 1.807) is 0 Å². The molecule has 1 fully saturated rings. The molecule has 1 aliphatic carbocycles. The van der Waals surface area contributed by atoms with E-state index in [1.165, 1.54) is 10.6 Å². The number of nitrogens with zero attached hydrogens (tertiary/aromatic N) is 2. The number of sulfonamides is 1. The zero-order valence-corrected chi connectivity index (χ0v) is 19.5. The number of anilines is 1. The minimum Gasteiger partial charge on any atom is -0.474 e. The number of rotatable bonds is 5. The van der Waals surface area contributed by atoms with Crippen molar-refractivity contribution in [3.8, 4) is 28.3 Å². The van der Waals surface area contributed by atoms with Crippen molar-refractivity contribution in [1.82, 2.24) is 10.3 Å². The zero-order chi connectivity index (χ0) is 23.9. The molecule has 0 atom stereocenters. The Hall–Kier alpha value is -3.59. The smallest absolute Gasteiger partial charge is 0.405 e. The summed E-state index contributed by atoms with van der Waals surface area (Å²) in [5.74, 6) is 0.276. The molecule has 34 heavy (non-hydrogen) atoms. The van der Waals surface area contributed by atoms with E-state index in [2.05, 4.69) is 5.32 Å². The van der Waals surface area contributed by atoms with Gasteiger partial charge in [0.05, 0.1) is 24.0 Å². The largest absolute Gasteiger partial charge is 0.474 e. The van der Waals surface area contributed by atoms with Gasteiger partial charge in [-0.2, -0.15) is 0 Å².